The first kappa shape index (κ1) is 13.7. The van der Waals surface area contributed by atoms with Crippen molar-refractivity contribution in [2.75, 3.05) is 13.2 Å². The number of Topliss-reactive ketones (excluding diaryl/α,β-unsaturated/α-hetero) is 1. The van der Waals surface area contributed by atoms with Crippen LogP contribution in [0.15, 0.2) is 36.4 Å². The molecule has 3 rings (SSSR count). The summed E-state index contributed by atoms with van der Waals surface area (Å²) in [7, 11) is 0. The number of hydrogen-bond acceptors (Lipinski definition) is 3. The summed E-state index contributed by atoms with van der Waals surface area (Å²) in [6.45, 7) is 5.18. The van der Waals surface area contributed by atoms with Gasteiger partial charge in [-0.2, -0.15) is 0 Å². The Bertz CT molecular complexity index is 669. The Morgan fingerprint density at radius 1 is 0.952 bits per heavy atom. The van der Waals surface area contributed by atoms with Crippen LogP contribution in [0.5, 0.6) is 11.5 Å². The number of ether oxygens (including phenoxy) is 2. The van der Waals surface area contributed by atoms with Crippen molar-refractivity contribution in [1.29, 1.82) is 0 Å². The minimum atomic E-state index is 0.0944. The van der Waals surface area contributed by atoms with E-state index in [0.29, 0.717) is 36.7 Å². The van der Waals surface area contributed by atoms with Gasteiger partial charge in [-0.3, -0.25) is 4.79 Å². The molecule has 0 unspecified atom stereocenters. The summed E-state index contributed by atoms with van der Waals surface area (Å²) < 4.78 is 11.0. The lowest BCUT2D eigenvalue weighted by molar-refractivity contribution is 0.0991. The molecule has 0 saturated carbocycles. The molecule has 108 valence electrons. The van der Waals surface area contributed by atoms with Crippen LogP contribution in [0.2, 0.25) is 0 Å². The van der Waals surface area contributed by atoms with E-state index in [0.717, 1.165) is 5.56 Å². The maximum absolute atomic E-state index is 12.4. The number of rotatable bonds is 3. The third-order valence-electron chi connectivity index (χ3n) is 3.51. The number of aryl methyl sites for hydroxylation is 2. The lowest BCUT2D eigenvalue weighted by Gasteiger charge is -2.18. The van der Waals surface area contributed by atoms with Crippen molar-refractivity contribution in [3.05, 3.63) is 58.7 Å². The zero-order valence-corrected chi connectivity index (χ0v) is 12.3. The van der Waals surface area contributed by atoms with Crippen LogP contribution in [0.4, 0.5) is 0 Å². The average molecular weight is 282 g/mol. The summed E-state index contributed by atoms with van der Waals surface area (Å²) in [6.07, 6.45) is 0.405. The Hall–Kier alpha value is -2.29. The zero-order valence-electron chi connectivity index (χ0n) is 12.3. The summed E-state index contributed by atoms with van der Waals surface area (Å²) in [6, 6.07) is 11.6. The molecule has 21 heavy (non-hydrogen) atoms. The SMILES string of the molecule is Cc1cc(C)cc(CC(=O)c2ccc3c(c2)OCCO3)c1. The molecule has 2 aromatic rings. The van der Waals surface area contributed by atoms with Crippen LogP contribution >= 0.6 is 0 Å². The summed E-state index contributed by atoms with van der Waals surface area (Å²) in [5.41, 5.74) is 4.07. The minimum Gasteiger partial charge on any atom is -0.486 e. The average Bonchev–Trinajstić information content (AvgIpc) is 2.45. The molecule has 0 atom stereocenters. The smallest absolute Gasteiger partial charge is 0.167 e. The van der Waals surface area contributed by atoms with E-state index in [2.05, 4.69) is 18.2 Å². The first-order valence-electron chi connectivity index (χ1n) is 7.12. The molecular weight excluding hydrogens is 264 g/mol. The molecule has 1 aliphatic rings. The van der Waals surface area contributed by atoms with Crippen molar-refractivity contribution in [2.45, 2.75) is 20.3 Å². The molecule has 3 nitrogen and oxygen atoms in total. The van der Waals surface area contributed by atoms with E-state index >= 15 is 0 Å². The molecule has 0 spiro atoms. The van der Waals surface area contributed by atoms with Crippen LogP contribution in [0.3, 0.4) is 0 Å². The zero-order chi connectivity index (χ0) is 14.8. The minimum absolute atomic E-state index is 0.0944. The highest BCUT2D eigenvalue weighted by atomic mass is 16.6. The fourth-order valence-electron chi connectivity index (χ4n) is 2.68. The van der Waals surface area contributed by atoms with Crippen molar-refractivity contribution in [2.24, 2.45) is 0 Å². The third-order valence-corrected chi connectivity index (χ3v) is 3.51. The molecule has 0 radical (unpaired) electrons. The number of fused-ring (bicyclic) bond motifs is 1. The molecule has 0 fully saturated rings. The Balaban J connectivity index is 1.82. The molecule has 1 aliphatic heterocycles. The van der Waals surface area contributed by atoms with Crippen LogP contribution in [0.1, 0.15) is 27.0 Å². The van der Waals surface area contributed by atoms with Crippen molar-refractivity contribution in [3.63, 3.8) is 0 Å². The number of carbonyl (C=O) groups is 1. The normalized spacial score (nSPS) is 13.0. The van der Waals surface area contributed by atoms with E-state index in [1.165, 1.54) is 11.1 Å². The van der Waals surface area contributed by atoms with E-state index in [-0.39, 0.29) is 5.78 Å². The molecule has 0 saturated heterocycles. The first-order chi connectivity index (χ1) is 10.1. The molecule has 0 aliphatic carbocycles. The van der Waals surface area contributed by atoms with Crippen molar-refractivity contribution in [3.8, 4) is 11.5 Å². The lowest BCUT2D eigenvalue weighted by Crippen LogP contribution is -2.16. The number of benzene rings is 2. The summed E-state index contributed by atoms with van der Waals surface area (Å²) >= 11 is 0. The molecule has 0 aromatic heterocycles. The molecule has 0 amide bonds. The fraction of sp³-hybridized carbons (Fsp3) is 0.278. The quantitative estimate of drug-likeness (QED) is 0.808. The van der Waals surface area contributed by atoms with Gasteiger partial charge in [-0.05, 0) is 37.6 Å². The molecule has 2 aromatic carbocycles. The van der Waals surface area contributed by atoms with Gasteiger partial charge in [0.05, 0.1) is 0 Å². The summed E-state index contributed by atoms with van der Waals surface area (Å²) in [5, 5.41) is 0. The molecule has 0 bridgehead atoms. The summed E-state index contributed by atoms with van der Waals surface area (Å²) in [5.74, 6) is 1.47. The molecule has 3 heteroatoms. The van der Waals surface area contributed by atoms with Crippen LogP contribution in [0, 0.1) is 13.8 Å². The van der Waals surface area contributed by atoms with Gasteiger partial charge in [0.1, 0.15) is 13.2 Å². The maximum atomic E-state index is 12.4. The maximum Gasteiger partial charge on any atom is 0.167 e. The van der Waals surface area contributed by atoms with Gasteiger partial charge in [0.25, 0.3) is 0 Å². The predicted octanol–water partition coefficient (Wildman–Crippen LogP) is 3.50. The van der Waals surface area contributed by atoms with Crippen molar-refractivity contribution >= 4 is 5.78 Å². The third kappa shape index (κ3) is 3.07. The highest BCUT2D eigenvalue weighted by Crippen LogP contribution is 2.31. The second-order valence-corrected chi connectivity index (χ2v) is 5.45. The monoisotopic (exact) mass is 282 g/mol. The fourth-order valence-corrected chi connectivity index (χ4v) is 2.68. The Morgan fingerprint density at radius 3 is 2.33 bits per heavy atom. The van der Waals surface area contributed by atoms with Gasteiger partial charge in [0.15, 0.2) is 17.3 Å². The standard InChI is InChI=1S/C18H18O3/c1-12-7-13(2)9-14(8-12)10-16(19)15-3-4-17-18(11-15)21-6-5-20-17/h3-4,7-9,11H,5-6,10H2,1-2H3. The van der Waals surface area contributed by atoms with Crippen molar-refractivity contribution in [1.82, 2.24) is 0 Å². The van der Waals surface area contributed by atoms with E-state index in [9.17, 15) is 4.79 Å². The van der Waals surface area contributed by atoms with Gasteiger partial charge in [-0.1, -0.05) is 29.3 Å². The second kappa shape index (κ2) is 5.60. The lowest BCUT2D eigenvalue weighted by atomic mass is 9.99. The Labute approximate surface area is 124 Å². The molecule has 0 N–H and O–H groups in total. The van der Waals surface area contributed by atoms with Gasteiger partial charge in [-0.25, -0.2) is 0 Å². The highest BCUT2D eigenvalue weighted by molar-refractivity contribution is 5.98. The highest BCUT2D eigenvalue weighted by Gasteiger charge is 2.15. The van der Waals surface area contributed by atoms with Crippen LogP contribution < -0.4 is 9.47 Å². The Kier molecular flexibility index (Phi) is 3.65. The second-order valence-electron chi connectivity index (χ2n) is 5.45. The van der Waals surface area contributed by atoms with Gasteiger partial charge >= 0.3 is 0 Å². The summed E-state index contributed by atoms with van der Waals surface area (Å²) in [4.78, 5) is 12.4. The molecule has 1 heterocycles. The largest absolute Gasteiger partial charge is 0.486 e. The molecular formula is C18H18O3. The van der Waals surface area contributed by atoms with E-state index in [4.69, 9.17) is 9.47 Å². The van der Waals surface area contributed by atoms with Gasteiger partial charge < -0.3 is 9.47 Å². The number of carbonyl (C=O) groups excluding carboxylic acids is 1. The van der Waals surface area contributed by atoms with Crippen LogP contribution in [-0.4, -0.2) is 19.0 Å². The van der Waals surface area contributed by atoms with E-state index in [1.54, 1.807) is 12.1 Å². The number of ketones is 1. The van der Waals surface area contributed by atoms with Crippen LogP contribution in [-0.2, 0) is 6.42 Å². The predicted molar refractivity (Wildman–Crippen MR) is 81.4 cm³/mol. The van der Waals surface area contributed by atoms with Gasteiger partial charge in [0.2, 0.25) is 0 Å². The number of hydrogen-bond donors (Lipinski definition) is 0. The van der Waals surface area contributed by atoms with Gasteiger partial charge in [0, 0.05) is 12.0 Å². The van der Waals surface area contributed by atoms with E-state index in [1.807, 2.05) is 19.9 Å². The van der Waals surface area contributed by atoms with Gasteiger partial charge in [-0.15, -0.1) is 0 Å². The van der Waals surface area contributed by atoms with E-state index < -0.39 is 0 Å². The van der Waals surface area contributed by atoms with Crippen LogP contribution in [0.25, 0.3) is 0 Å². The topological polar surface area (TPSA) is 35.5 Å². The van der Waals surface area contributed by atoms with Crippen molar-refractivity contribution < 1.29 is 14.3 Å². The first-order valence-corrected chi connectivity index (χ1v) is 7.12. The Morgan fingerprint density at radius 2 is 1.62 bits per heavy atom.